The molecule has 0 saturated carbocycles. The number of fused-ring (bicyclic) bond motifs is 1. The minimum Gasteiger partial charge on any atom is -0.338 e. The zero-order valence-corrected chi connectivity index (χ0v) is 16.9. The number of carbonyl (C=O) groups is 2. The Morgan fingerprint density at radius 2 is 2.15 bits per heavy atom. The number of para-hydroxylation sites is 1. The number of nitrogens with zero attached hydrogens (tertiary/aromatic N) is 1. The van der Waals surface area contributed by atoms with E-state index in [1.165, 1.54) is 14.6 Å². The zero-order valence-electron chi connectivity index (χ0n) is 16.1. The van der Waals surface area contributed by atoms with E-state index < -0.39 is 0 Å². The molecule has 1 aromatic heterocycles. The number of imide groups is 1. The van der Waals surface area contributed by atoms with Gasteiger partial charge in [-0.1, -0.05) is 26.0 Å². The number of urea groups is 1. The smallest absolute Gasteiger partial charge is 0.321 e. The summed E-state index contributed by atoms with van der Waals surface area (Å²) in [5.41, 5.74) is 1.06. The molecular formula is C20H29N4O2S+. The highest BCUT2D eigenvalue weighted by Gasteiger charge is 2.28. The van der Waals surface area contributed by atoms with Gasteiger partial charge < -0.3 is 10.2 Å². The van der Waals surface area contributed by atoms with E-state index in [2.05, 4.69) is 30.5 Å². The fourth-order valence-corrected chi connectivity index (χ4v) is 4.61. The first-order valence-corrected chi connectivity index (χ1v) is 10.6. The molecule has 7 heteroatoms. The fraction of sp³-hybridized carbons (Fsp3) is 0.550. The van der Waals surface area contributed by atoms with Gasteiger partial charge in [0.1, 0.15) is 5.01 Å². The van der Waals surface area contributed by atoms with Crippen LogP contribution in [0.2, 0.25) is 0 Å². The van der Waals surface area contributed by atoms with Crippen LogP contribution in [0.3, 0.4) is 0 Å². The number of amides is 3. The minimum absolute atomic E-state index is 0.211. The van der Waals surface area contributed by atoms with Gasteiger partial charge in [-0.25, -0.2) is 9.78 Å². The molecule has 0 radical (unpaired) electrons. The molecule has 1 aliphatic heterocycles. The van der Waals surface area contributed by atoms with Crippen molar-refractivity contribution < 1.29 is 14.5 Å². The molecule has 0 aliphatic carbocycles. The van der Waals surface area contributed by atoms with Crippen LogP contribution in [0.15, 0.2) is 24.3 Å². The Kier molecular flexibility index (Phi) is 6.79. The lowest BCUT2D eigenvalue weighted by Crippen LogP contribution is -3.14. The van der Waals surface area contributed by atoms with Gasteiger partial charge in [-0.3, -0.25) is 10.1 Å². The van der Waals surface area contributed by atoms with Crippen LogP contribution in [0, 0.1) is 5.92 Å². The molecule has 2 atom stereocenters. The summed E-state index contributed by atoms with van der Waals surface area (Å²) in [6.07, 6.45) is 3.09. The summed E-state index contributed by atoms with van der Waals surface area (Å²) in [5.74, 6) is 0.703. The average Bonchev–Trinajstić information content (AvgIpc) is 3.05. The number of thiazole rings is 1. The third-order valence-electron chi connectivity index (χ3n) is 4.95. The molecule has 1 aliphatic rings. The summed E-state index contributed by atoms with van der Waals surface area (Å²) in [4.78, 5) is 30.0. The van der Waals surface area contributed by atoms with Crippen LogP contribution in [0.25, 0.3) is 10.2 Å². The molecule has 0 spiro atoms. The highest BCUT2D eigenvalue weighted by atomic mass is 32.1. The first-order valence-electron chi connectivity index (χ1n) is 9.78. The van der Waals surface area contributed by atoms with Crippen LogP contribution >= 0.6 is 11.3 Å². The lowest BCUT2D eigenvalue weighted by atomic mass is 9.99. The van der Waals surface area contributed by atoms with Crippen LogP contribution in [-0.2, 0) is 4.79 Å². The number of nitrogens with one attached hydrogen (secondary N) is 3. The molecule has 27 heavy (non-hydrogen) atoms. The molecule has 3 amide bonds. The Morgan fingerprint density at radius 3 is 2.93 bits per heavy atom. The van der Waals surface area contributed by atoms with Crippen molar-refractivity contribution in [3.8, 4) is 0 Å². The number of likely N-dealkylation sites (tertiary alicyclic amines) is 1. The average molecular weight is 390 g/mol. The van der Waals surface area contributed by atoms with Gasteiger partial charge in [-0.2, -0.15) is 0 Å². The Labute approximate surface area is 164 Å². The van der Waals surface area contributed by atoms with E-state index in [-0.39, 0.29) is 11.9 Å². The van der Waals surface area contributed by atoms with Gasteiger partial charge in [0.15, 0.2) is 6.54 Å². The van der Waals surface area contributed by atoms with Crippen molar-refractivity contribution in [3.63, 3.8) is 0 Å². The molecular weight excluding hydrogens is 360 g/mol. The van der Waals surface area contributed by atoms with Crippen LogP contribution in [0.4, 0.5) is 4.79 Å². The van der Waals surface area contributed by atoms with Crippen molar-refractivity contribution in [3.05, 3.63) is 29.3 Å². The van der Waals surface area contributed by atoms with Crippen LogP contribution in [0.1, 0.15) is 44.0 Å². The molecule has 1 saturated heterocycles. The lowest BCUT2D eigenvalue weighted by Gasteiger charge is -2.28. The van der Waals surface area contributed by atoms with Crippen molar-refractivity contribution in [1.29, 1.82) is 0 Å². The standard InChI is InChI=1S/C20H28N4O2S/c1-14(2)9-10-21-20(26)23-18(25)13-24-11-5-6-15(12-24)19-22-16-7-3-4-8-17(16)27-19/h3-4,7-8,14-15H,5-6,9-13H2,1-2H3,(H2,21,23,25,26)/p+1/t15-/m0/s1. The normalized spacial score (nSPS) is 20.0. The topological polar surface area (TPSA) is 75.5 Å². The number of quaternary nitrogens is 1. The maximum absolute atomic E-state index is 12.2. The van der Waals surface area contributed by atoms with Gasteiger partial charge >= 0.3 is 6.03 Å². The third-order valence-corrected chi connectivity index (χ3v) is 6.15. The Morgan fingerprint density at radius 1 is 1.33 bits per heavy atom. The van der Waals surface area contributed by atoms with E-state index in [1.54, 1.807) is 11.3 Å². The third kappa shape index (κ3) is 5.74. The van der Waals surface area contributed by atoms with Crippen molar-refractivity contribution in [1.82, 2.24) is 15.6 Å². The Hall–Kier alpha value is -1.99. The molecule has 6 nitrogen and oxygen atoms in total. The highest BCUT2D eigenvalue weighted by Crippen LogP contribution is 2.30. The summed E-state index contributed by atoms with van der Waals surface area (Å²) in [6, 6.07) is 7.82. The second-order valence-corrected chi connectivity index (χ2v) is 8.79. The van der Waals surface area contributed by atoms with Crippen molar-refractivity contribution >= 4 is 33.5 Å². The summed E-state index contributed by atoms with van der Waals surface area (Å²) < 4.78 is 1.22. The number of benzene rings is 1. The van der Waals surface area contributed by atoms with Crippen LogP contribution in [0.5, 0.6) is 0 Å². The van der Waals surface area contributed by atoms with E-state index in [9.17, 15) is 9.59 Å². The molecule has 1 unspecified atom stereocenters. The van der Waals surface area contributed by atoms with Gasteiger partial charge in [0.05, 0.1) is 29.2 Å². The molecule has 1 aromatic carbocycles. The van der Waals surface area contributed by atoms with Gasteiger partial charge in [0.2, 0.25) is 0 Å². The van der Waals surface area contributed by atoms with E-state index in [0.717, 1.165) is 37.9 Å². The second-order valence-electron chi connectivity index (χ2n) is 7.73. The molecule has 146 valence electrons. The summed E-state index contributed by atoms with van der Waals surface area (Å²) >= 11 is 1.76. The first kappa shape index (κ1) is 19.8. The van der Waals surface area contributed by atoms with Crippen molar-refractivity contribution in [2.45, 2.75) is 39.0 Å². The first-order chi connectivity index (χ1) is 13.0. The Balaban J connectivity index is 1.49. The molecule has 0 bridgehead atoms. The van der Waals surface area contributed by atoms with E-state index in [1.807, 2.05) is 18.2 Å². The minimum atomic E-state index is -0.389. The van der Waals surface area contributed by atoms with Gasteiger partial charge in [-0.15, -0.1) is 11.3 Å². The van der Waals surface area contributed by atoms with E-state index in [4.69, 9.17) is 4.98 Å². The van der Waals surface area contributed by atoms with E-state index in [0.29, 0.717) is 24.9 Å². The van der Waals surface area contributed by atoms with Crippen molar-refractivity contribution in [2.24, 2.45) is 5.92 Å². The zero-order chi connectivity index (χ0) is 19.2. The maximum Gasteiger partial charge on any atom is 0.321 e. The number of piperidine rings is 1. The number of carbonyl (C=O) groups excluding carboxylic acids is 2. The molecule has 2 aromatic rings. The number of rotatable bonds is 6. The summed E-state index contributed by atoms with van der Waals surface area (Å²) in [7, 11) is 0. The number of hydrogen-bond donors (Lipinski definition) is 3. The Bertz CT molecular complexity index is 756. The summed E-state index contributed by atoms with van der Waals surface area (Å²) in [6.45, 7) is 6.98. The quantitative estimate of drug-likeness (QED) is 0.707. The maximum atomic E-state index is 12.2. The van der Waals surface area contributed by atoms with Crippen LogP contribution in [-0.4, -0.2) is 43.1 Å². The van der Waals surface area contributed by atoms with Gasteiger partial charge in [-0.05, 0) is 37.3 Å². The van der Waals surface area contributed by atoms with Gasteiger partial charge in [0, 0.05) is 6.54 Å². The molecule has 2 heterocycles. The van der Waals surface area contributed by atoms with Crippen LogP contribution < -0.4 is 15.5 Å². The second kappa shape index (κ2) is 9.28. The van der Waals surface area contributed by atoms with E-state index >= 15 is 0 Å². The molecule has 1 fully saturated rings. The monoisotopic (exact) mass is 389 g/mol. The van der Waals surface area contributed by atoms with Gasteiger partial charge in [0.25, 0.3) is 5.91 Å². The molecule has 3 N–H and O–H groups in total. The summed E-state index contributed by atoms with van der Waals surface area (Å²) in [5, 5.41) is 6.36. The molecule has 3 rings (SSSR count). The number of aromatic nitrogens is 1. The fourth-order valence-electron chi connectivity index (χ4n) is 3.50. The lowest BCUT2D eigenvalue weighted by molar-refractivity contribution is -0.898. The predicted octanol–water partition coefficient (Wildman–Crippen LogP) is 1.93. The SMILES string of the molecule is CC(C)CCNC(=O)NC(=O)C[NH+]1CCC[C@H](c2nc3ccccc3s2)C1. The van der Waals surface area contributed by atoms with Crippen molar-refractivity contribution in [2.75, 3.05) is 26.2 Å². The highest BCUT2D eigenvalue weighted by molar-refractivity contribution is 7.18. The predicted molar refractivity (Wildman–Crippen MR) is 108 cm³/mol. The number of hydrogen-bond acceptors (Lipinski definition) is 4. The largest absolute Gasteiger partial charge is 0.338 e.